The summed E-state index contributed by atoms with van der Waals surface area (Å²) < 4.78 is 0. The van der Waals surface area contributed by atoms with E-state index in [0.29, 0.717) is 12.1 Å². The van der Waals surface area contributed by atoms with Gasteiger partial charge in [0.25, 0.3) is 0 Å². The molecule has 2 rings (SSSR count). The van der Waals surface area contributed by atoms with Crippen LogP contribution in [0.2, 0.25) is 0 Å². The predicted molar refractivity (Wildman–Crippen MR) is 73.2 cm³/mol. The third-order valence-electron chi connectivity index (χ3n) is 3.42. The number of fused-ring (bicyclic) bond motifs is 1. The molecule has 1 aliphatic heterocycles. The summed E-state index contributed by atoms with van der Waals surface area (Å²) in [5, 5.41) is 23.0. The maximum Gasteiger partial charge on any atom is 0.223 e. The molecule has 20 heavy (non-hydrogen) atoms. The zero-order valence-corrected chi connectivity index (χ0v) is 11.1. The number of carbonyl (C=O) groups is 1. The van der Waals surface area contributed by atoms with Crippen LogP contribution in [0.1, 0.15) is 24.2 Å². The van der Waals surface area contributed by atoms with Gasteiger partial charge in [0.1, 0.15) is 6.10 Å². The van der Waals surface area contributed by atoms with Crippen molar-refractivity contribution in [3.05, 3.63) is 39.8 Å². The largest absolute Gasteiger partial charge is 0.390 e. The molecular formula is C13H16N4O3. The molecular weight excluding hydrogens is 260 g/mol. The summed E-state index contributed by atoms with van der Waals surface area (Å²) in [6.45, 7) is 1.96. The summed E-state index contributed by atoms with van der Waals surface area (Å²) in [6, 6.07) is 5.22. The Morgan fingerprint density at radius 1 is 1.55 bits per heavy atom. The van der Waals surface area contributed by atoms with Crippen LogP contribution < -0.4 is 4.90 Å². The Hall–Kier alpha value is -2.08. The van der Waals surface area contributed by atoms with Crippen molar-refractivity contribution in [3.8, 4) is 0 Å². The van der Waals surface area contributed by atoms with Gasteiger partial charge in [0.05, 0.1) is 12.6 Å². The maximum absolute atomic E-state index is 11.4. The first-order chi connectivity index (χ1) is 9.54. The van der Waals surface area contributed by atoms with E-state index in [1.54, 1.807) is 23.1 Å². The molecule has 106 valence electrons. The Labute approximate surface area is 116 Å². The second kappa shape index (κ2) is 5.92. The first-order valence-corrected chi connectivity index (χ1v) is 6.32. The van der Waals surface area contributed by atoms with E-state index in [1.807, 2.05) is 0 Å². The Kier molecular flexibility index (Phi) is 4.24. The molecule has 0 saturated carbocycles. The monoisotopic (exact) mass is 276 g/mol. The van der Waals surface area contributed by atoms with Crippen LogP contribution in [0.3, 0.4) is 0 Å². The van der Waals surface area contributed by atoms with Crippen LogP contribution in [0.15, 0.2) is 23.3 Å². The average molecular weight is 276 g/mol. The SMILES string of the molecule is CC(=O)N1CCc2cc(C(O)C(O)CN=[N+]=[N-])ccc21. The van der Waals surface area contributed by atoms with Crippen molar-refractivity contribution in [2.75, 3.05) is 18.0 Å². The van der Waals surface area contributed by atoms with E-state index in [0.717, 1.165) is 17.7 Å². The molecule has 1 aromatic carbocycles. The standard InChI is InChI=1S/C13H16N4O3/c1-8(18)17-5-4-9-6-10(2-3-11(9)17)13(20)12(19)7-15-16-14/h2-3,6,12-13,19-20H,4-5,7H2,1H3. The number of rotatable bonds is 4. The lowest BCUT2D eigenvalue weighted by Gasteiger charge is -2.18. The highest BCUT2D eigenvalue weighted by molar-refractivity contribution is 5.93. The second-order valence-corrected chi connectivity index (χ2v) is 4.73. The second-order valence-electron chi connectivity index (χ2n) is 4.73. The number of hydrogen-bond acceptors (Lipinski definition) is 4. The fraction of sp³-hybridized carbons (Fsp3) is 0.462. The molecule has 1 aromatic rings. The van der Waals surface area contributed by atoms with Crippen molar-refractivity contribution < 1.29 is 15.0 Å². The van der Waals surface area contributed by atoms with Crippen molar-refractivity contribution in [2.24, 2.45) is 5.11 Å². The number of aliphatic hydroxyl groups is 2. The number of anilines is 1. The first kappa shape index (κ1) is 14.3. The van der Waals surface area contributed by atoms with E-state index in [9.17, 15) is 15.0 Å². The molecule has 0 aliphatic carbocycles. The molecule has 2 unspecified atom stereocenters. The van der Waals surface area contributed by atoms with Gasteiger partial charge in [0, 0.05) is 24.1 Å². The molecule has 7 heteroatoms. The Morgan fingerprint density at radius 2 is 2.30 bits per heavy atom. The Balaban J connectivity index is 2.20. The van der Waals surface area contributed by atoms with Gasteiger partial charge in [-0.05, 0) is 29.1 Å². The van der Waals surface area contributed by atoms with Gasteiger partial charge in [0.15, 0.2) is 0 Å². The van der Waals surface area contributed by atoms with Gasteiger partial charge in [-0.3, -0.25) is 4.79 Å². The van der Waals surface area contributed by atoms with Crippen molar-refractivity contribution in [2.45, 2.75) is 25.6 Å². The minimum absolute atomic E-state index is 0.0135. The van der Waals surface area contributed by atoms with Crippen LogP contribution in [-0.2, 0) is 11.2 Å². The number of carbonyl (C=O) groups excluding carboxylic acids is 1. The molecule has 0 fully saturated rings. The Bertz CT molecular complexity index is 569. The van der Waals surface area contributed by atoms with Gasteiger partial charge < -0.3 is 15.1 Å². The lowest BCUT2D eigenvalue weighted by atomic mass is 10.0. The van der Waals surface area contributed by atoms with Gasteiger partial charge in [-0.25, -0.2) is 0 Å². The minimum Gasteiger partial charge on any atom is -0.390 e. The van der Waals surface area contributed by atoms with Gasteiger partial charge >= 0.3 is 0 Å². The summed E-state index contributed by atoms with van der Waals surface area (Å²) >= 11 is 0. The molecule has 1 amide bonds. The molecule has 1 aliphatic rings. The summed E-state index contributed by atoms with van der Waals surface area (Å²) in [5.41, 5.74) is 10.6. The quantitative estimate of drug-likeness (QED) is 0.491. The normalized spacial score (nSPS) is 16.2. The lowest BCUT2D eigenvalue weighted by molar-refractivity contribution is -0.116. The van der Waals surface area contributed by atoms with E-state index < -0.39 is 12.2 Å². The van der Waals surface area contributed by atoms with E-state index in [4.69, 9.17) is 5.53 Å². The number of azide groups is 1. The predicted octanol–water partition coefficient (Wildman–Crippen LogP) is 1.30. The van der Waals surface area contributed by atoms with Gasteiger partial charge in [-0.15, -0.1) is 0 Å². The third kappa shape index (κ3) is 2.75. The summed E-state index contributed by atoms with van der Waals surface area (Å²) in [6.07, 6.45) is -1.53. The number of amides is 1. The summed E-state index contributed by atoms with van der Waals surface area (Å²) in [4.78, 5) is 15.7. The highest BCUT2D eigenvalue weighted by atomic mass is 16.3. The molecule has 0 bridgehead atoms. The van der Waals surface area contributed by atoms with Crippen LogP contribution in [0, 0.1) is 0 Å². The van der Waals surface area contributed by atoms with E-state index in [2.05, 4.69) is 10.0 Å². The van der Waals surface area contributed by atoms with Crippen LogP contribution in [0.4, 0.5) is 5.69 Å². The fourth-order valence-corrected chi connectivity index (χ4v) is 2.37. The topological polar surface area (TPSA) is 110 Å². The van der Waals surface area contributed by atoms with Gasteiger partial charge in [-0.2, -0.15) is 0 Å². The third-order valence-corrected chi connectivity index (χ3v) is 3.42. The van der Waals surface area contributed by atoms with Crippen molar-refractivity contribution in [1.29, 1.82) is 0 Å². The van der Waals surface area contributed by atoms with Crippen molar-refractivity contribution in [1.82, 2.24) is 0 Å². The molecule has 0 aromatic heterocycles. The van der Waals surface area contributed by atoms with Crippen LogP contribution in [0.5, 0.6) is 0 Å². The number of aliphatic hydroxyl groups excluding tert-OH is 2. The van der Waals surface area contributed by atoms with E-state index >= 15 is 0 Å². The maximum atomic E-state index is 11.4. The molecule has 0 saturated heterocycles. The number of nitrogens with zero attached hydrogens (tertiary/aromatic N) is 4. The minimum atomic E-state index is -1.14. The average Bonchev–Trinajstić information content (AvgIpc) is 2.86. The van der Waals surface area contributed by atoms with Crippen LogP contribution in [0.25, 0.3) is 10.4 Å². The van der Waals surface area contributed by atoms with Crippen molar-refractivity contribution >= 4 is 11.6 Å². The van der Waals surface area contributed by atoms with Crippen LogP contribution in [-0.4, -0.2) is 35.3 Å². The zero-order valence-electron chi connectivity index (χ0n) is 11.1. The molecule has 0 radical (unpaired) electrons. The summed E-state index contributed by atoms with van der Waals surface area (Å²) in [7, 11) is 0. The zero-order chi connectivity index (χ0) is 14.7. The molecule has 7 nitrogen and oxygen atoms in total. The molecule has 2 atom stereocenters. The molecule has 1 heterocycles. The lowest BCUT2D eigenvalue weighted by Crippen LogP contribution is -2.25. The smallest absolute Gasteiger partial charge is 0.223 e. The van der Waals surface area contributed by atoms with Gasteiger partial charge in [0.2, 0.25) is 5.91 Å². The van der Waals surface area contributed by atoms with E-state index in [1.165, 1.54) is 6.92 Å². The number of benzene rings is 1. The Morgan fingerprint density at radius 3 is 2.95 bits per heavy atom. The summed E-state index contributed by atoms with van der Waals surface area (Å²) in [5.74, 6) is -0.0135. The van der Waals surface area contributed by atoms with Crippen molar-refractivity contribution in [3.63, 3.8) is 0 Å². The highest BCUT2D eigenvalue weighted by Gasteiger charge is 2.24. The molecule has 0 spiro atoms. The highest BCUT2D eigenvalue weighted by Crippen LogP contribution is 2.31. The molecule has 2 N–H and O–H groups in total. The fourth-order valence-electron chi connectivity index (χ4n) is 2.37. The van der Waals surface area contributed by atoms with Crippen LogP contribution >= 0.6 is 0 Å². The van der Waals surface area contributed by atoms with E-state index in [-0.39, 0.29) is 12.5 Å². The first-order valence-electron chi connectivity index (χ1n) is 6.32. The van der Waals surface area contributed by atoms with Gasteiger partial charge in [-0.1, -0.05) is 17.2 Å². The number of hydrogen-bond donors (Lipinski definition) is 2.